The van der Waals surface area contributed by atoms with Gasteiger partial charge in [-0.1, -0.05) is 13.8 Å². The molecule has 11 heavy (non-hydrogen) atoms. The normalized spacial score (nSPS) is 31.8. The summed E-state index contributed by atoms with van der Waals surface area (Å²) in [5, 5.41) is 9.19. The van der Waals surface area contributed by atoms with Crippen LogP contribution in [0.3, 0.4) is 0 Å². The molecule has 1 rings (SSSR count). The highest BCUT2D eigenvalue weighted by Gasteiger charge is 2.29. The fraction of sp³-hybridized carbons (Fsp3) is 0.667. The minimum absolute atomic E-state index is 0.00405. The Balaban J connectivity index is 2.79. The quantitative estimate of drug-likeness (QED) is 0.628. The van der Waals surface area contributed by atoms with Crippen LogP contribution in [-0.2, 0) is 4.79 Å². The van der Waals surface area contributed by atoms with Gasteiger partial charge in [0.2, 0.25) is 0 Å². The van der Waals surface area contributed by atoms with Crippen LogP contribution in [0, 0.1) is 5.41 Å². The molecule has 0 aliphatic heterocycles. The van der Waals surface area contributed by atoms with Crippen LogP contribution < -0.4 is 0 Å². The Kier molecular flexibility index (Phi) is 2.03. The van der Waals surface area contributed by atoms with Crippen molar-refractivity contribution in [2.75, 3.05) is 0 Å². The average Bonchev–Trinajstić information content (AvgIpc) is 1.84. The van der Waals surface area contributed by atoms with Gasteiger partial charge in [-0.3, -0.25) is 4.79 Å². The second-order valence-electron chi connectivity index (χ2n) is 3.62. The molecule has 0 saturated carbocycles. The van der Waals surface area contributed by atoms with Crippen LogP contribution >= 0.6 is 0 Å². The van der Waals surface area contributed by atoms with E-state index in [0.29, 0.717) is 12.8 Å². The number of hydrogen-bond donors (Lipinski definition) is 1. The highest BCUT2D eigenvalue weighted by molar-refractivity contribution is 5.91. The molecule has 0 amide bonds. The molecular weight excluding hydrogens is 140 g/mol. The zero-order chi connectivity index (χ0) is 8.48. The summed E-state index contributed by atoms with van der Waals surface area (Å²) in [4.78, 5) is 11.0. The maximum Gasteiger partial charge on any atom is 0.159 e. The standard InChI is InChI=1S/C9H14O2/c1-3-9(2)5-7(10)4-8(11)6-9/h4,10H,3,5-6H2,1-2H3. The summed E-state index contributed by atoms with van der Waals surface area (Å²) >= 11 is 0. The van der Waals surface area contributed by atoms with Gasteiger partial charge in [0.25, 0.3) is 0 Å². The van der Waals surface area contributed by atoms with Crippen molar-refractivity contribution in [2.45, 2.75) is 33.1 Å². The molecule has 0 saturated heterocycles. The van der Waals surface area contributed by atoms with Crippen LogP contribution in [0.15, 0.2) is 11.8 Å². The van der Waals surface area contributed by atoms with Crippen LogP contribution in [0.5, 0.6) is 0 Å². The molecule has 0 fully saturated rings. The first-order chi connectivity index (χ1) is 5.06. The van der Waals surface area contributed by atoms with Crippen LogP contribution in [-0.4, -0.2) is 10.9 Å². The van der Waals surface area contributed by atoms with Gasteiger partial charge in [-0.15, -0.1) is 0 Å². The SMILES string of the molecule is CCC1(C)CC(=O)C=C(O)C1. The van der Waals surface area contributed by atoms with E-state index in [1.54, 1.807) is 0 Å². The van der Waals surface area contributed by atoms with Crippen LogP contribution in [0.4, 0.5) is 0 Å². The predicted octanol–water partition coefficient (Wildman–Crippen LogP) is 2.21. The Morgan fingerprint density at radius 2 is 2.27 bits per heavy atom. The molecule has 1 unspecified atom stereocenters. The summed E-state index contributed by atoms with van der Waals surface area (Å²) in [5.74, 6) is 0.295. The van der Waals surface area contributed by atoms with Gasteiger partial charge in [-0.05, 0) is 11.8 Å². The predicted molar refractivity (Wildman–Crippen MR) is 43.4 cm³/mol. The van der Waals surface area contributed by atoms with Gasteiger partial charge in [-0.2, -0.15) is 0 Å². The van der Waals surface area contributed by atoms with Crippen LogP contribution in [0.1, 0.15) is 33.1 Å². The average molecular weight is 154 g/mol. The number of aliphatic hydroxyl groups is 1. The number of rotatable bonds is 1. The lowest BCUT2D eigenvalue weighted by Gasteiger charge is -2.29. The third-order valence-electron chi connectivity index (χ3n) is 2.39. The molecule has 2 nitrogen and oxygen atoms in total. The Morgan fingerprint density at radius 3 is 2.73 bits per heavy atom. The van der Waals surface area contributed by atoms with Crippen molar-refractivity contribution >= 4 is 5.78 Å². The highest BCUT2D eigenvalue weighted by Crippen LogP contribution is 2.36. The Bertz CT molecular complexity index is 206. The molecule has 0 radical (unpaired) electrons. The van der Waals surface area contributed by atoms with Crippen molar-refractivity contribution in [3.63, 3.8) is 0 Å². The second kappa shape index (κ2) is 2.68. The molecule has 0 aromatic rings. The molecule has 1 aliphatic carbocycles. The summed E-state index contributed by atoms with van der Waals surface area (Å²) in [6, 6.07) is 0. The molecule has 1 aliphatic rings. The summed E-state index contributed by atoms with van der Waals surface area (Å²) in [6.45, 7) is 4.08. The van der Waals surface area contributed by atoms with Crippen molar-refractivity contribution in [1.29, 1.82) is 0 Å². The molecule has 0 aromatic carbocycles. The first-order valence-corrected chi connectivity index (χ1v) is 3.98. The monoisotopic (exact) mass is 154 g/mol. The summed E-state index contributed by atoms with van der Waals surface area (Å²) in [7, 11) is 0. The fourth-order valence-electron chi connectivity index (χ4n) is 1.46. The summed E-state index contributed by atoms with van der Waals surface area (Å²) in [5.41, 5.74) is -0.00405. The number of carbonyl (C=O) groups is 1. The van der Waals surface area contributed by atoms with Gasteiger partial charge in [-0.25, -0.2) is 0 Å². The number of allylic oxidation sites excluding steroid dienone is 2. The lowest BCUT2D eigenvalue weighted by Crippen LogP contribution is -2.24. The van der Waals surface area contributed by atoms with E-state index in [1.807, 2.05) is 13.8 Å². The third-order valence-corrected chi connectivity index (χ3v) is 2.39. The third kappa shape index (κ3) is 1.82. The zero-order valence-electron chi connectivity index (χ0n) is 7.05. The van der Waals surface area contributed by atoms with Crippen LogP contribution in [0.25, 0.3) is 0 Å². The number of hydrogen-bond acceptors (Lipinski definition) is 2. The highest BCUT2D eigenvalue weighted by atomic mass is 16.3. The molecule has 0 bridgehead atoms. The summed E-state index contributed by atoms with van der Waals surface area (Å²) < 4.78 is 0. The van der Waals surface area contributed by atoms with E-state index in [1.165, 1.54) is 6.08 Å². The van der Waals surface area contributed by atoms with Crippen molar-refractivity contribution < 1.29 is 9.90 Å². The molecule has 1 N–H and O–H groups in total. The van der Waals surface area contributed by atoms with Crippen LogP contribution in [0.2, 0.25) is 0 Å². The maximum absolute atomic E-state index is 11.0. The molecule has 0 aromatic heterocycles. The van der Waals surface area contributed by atoms with E-state index in [9.17, 15) is 9.90 Å². The van der Waals surface area contributed by atoms with E-state index >= 15 is 0 Å². The first kappa shape index (κ1) is 8.31. The van der Waals surface area contributed by atoms with Gasteiger partial charge in [0.05, 0.1) is 5.76 Å². The molecule has 0 heterocycles. The largest absolute Gasteiger partial charge is 0.512 e. The Morgan fingerprint density at radius 1 is 1.64 bits per heavy atom. The molecule has 2 heteroatoms. The van der Waals surface area contributed by atoms with Crippen molar-refractivity contribution in [3.05, 3.63) is 11.8 Å². The minimum atomic E-state index is -0.00405. The topological polar surface area (TPSA) is 37.3 Å². The lowest BCUT2D eigenvalue weighted by atomic mass is 9.76. The fourth-order valence-corrected chi connectivity index (χ4v) is 1.46. The smallest absolute Gasteiger partial charge is 0.159 e. The van der Waals surface area contributed by atoms with Crippen molar-refractivity contribution in [2.24, 2.45) is 5.41 Å². The Hall–Kier alpha value is -0.790. The molecule has 62 valence electrons. The van der Waals surface area contributed by atoms with E-state index in [-0.39, 0.29) is 17.0 Å². The second-order valence-corrected chi connectivity index (χ2v) is 3.62. The van der Waals surface area contributed by atoms with Gasteiger partial charge in [0.1, 0.15) is 0 Å². The van der Waals surface area contributed by atoms with E-state index < -0.39 is 0 Å². The number of ketones is 1. The molecular formula is C9H14O2. The van der Waals surface area contributed by atoms with E-state index in [2.05, 4.69) is 0 Å². The van der Waals surface area contributed by atoms with Gasteiger partial charge in [0.15, 0.2) is 5.78 Å². The van der Waals surface area contributed by atoms with Crippen molar-refractivity contribution in [1.82, 2.24) is 0 Å². The number of carbonyl (C=O) groups excluding carboxylic acids is 1. The summed E-state index contributed by atoms with van der Waals surface area (Å²) in [6.07, 6.45) is 3.51. The van der Waals surface area contributed by atoms with E-state index in [0.717, 1.165) is 6.42 Å². The van der Waals surface area contributed by atoms with Gasteiger partial charge >= 0.3 is 0 Å². The molecule has 0 spiro atoms. The number of aliphatic hydroxyl groups excluding tert-OH is 1. The zero-order valence-corrected chi connectivity index (χ0v) is 7.05. The maximum atomic E-state index is 11.0. The van der Waals surface area contributed by atoms with Crippen molar-refractivity contribution in [3.8, 4) is 0 Å². The lowest BCUT2D eigenvalue weighted by molar-refractivity contribution is -0.117. The van der Waals surface area contributed by atoms with Gasteiger partial charge in [0, 0.05) is 18.9 Å². The van der Waals surface area contributed by atoms with E-state index in [4.69, 9.17) is 0 Å². The Labute approximate surface area is 66.9 Å². The van der Waals surface area contributed by atoms with Gasteiger partial charge < -0.3 is 5.11 Å². The minimum Gasteiger partial charge on any atom is -0.512 e. The first-order valence-electron chi connectivity index (χ1n) is 3.98. The molecule has 1 atom stereocenters.